The van der Waals surface area contributed by atoms with E-state index in [1.54, 1.807) is 6.08 Å². The van der Waals surface area contributed by atoms with E-state index in [-0.39, 0.29) is 0 Å². The molecule has 0 bridgehead atoms. The summed E-state index contributed by atoms with van der Waals surface area (Å²) in [6.07, 6.45) is 3.23. The Balaban J connectivity index is 0.000000255. The Hall–Kier alpha value is -1.13. The van der Waals surface area contributed by atoms with Gasteiger partial charge >= 0.3 is 5.97 Å². The van der Waals surface area contributed by atoms with Crippen LogP contribution >= 0.6 is 0 Å². The van der Waals surface area contributed by atoms with Crippen molar-refractivity contribution in [1.29, 1.82) is 0 Å². The molecule has 0 amide bonds. The van der Waals surface area contributed by atoms with Gasteiger partial charge in [-0.25, -0.2) is 4.79 Å². The molecule has 1 heterocycles. The predicted octanol–water partition coefficient (Wildman–Crippen LogP) is 0.933. The summed E-state index contributed by atoms with van der Waals surface area (Å²) < 4.78 is 14.1. The molecule has 0 saturated carbocycles. The molecule has 0 spiro atoms. The molecule has 4 nitrogen and oxygen atoms in total. The lowest BCUT2D eigenvalue weighted by Crippen LogP contribution is -2.00. The average Bonchev–Trinajstić information content (AvgIpc) is 3.02. The lowest BCUT2D eigenvalue weighted by atomic mass is 10.5. The number of methoxy groups -OCH3 is 1. The molecule has 0 aromatic carbocycles. The maximum atomic E-state index is 9.84. The van der Waals surface area contributed by atoms with Crippen LogP contribution in [-0.4, -0.2) is 39.0 Å². The van der Waals surface area contributed by atoms with Crippen molar-refractivity contribution < 1.29 is 19.0 Å². The van der Waals surface area contributed by atoms with Crippen LogP contribution in [0.5, 0.6) is 0 Å². The second-order valence-electron chi connectivity index (χ2n) is 2.51. The smallest absolute Gasteiger partial charge is 0.329 e. The van der Waals surface area contributed by atoms with Gasteiger partial charge in [0.15, 0.2) is 0 Å². The molecule has 0 aromatic rings. The van der Waals surface area contributed by atoms with Crippen molar-refractivity contribution in [1.82, 2.24) is 0 Å². The first kappa shape index (κ1) is 12.9. The van der Waals surface area contributed by atoms with E-state index in [1.807, 2.05) is 0 Å². The molecule has 1 fully saturated rings. The summed E-state index contributed by atoms with van der Waals surface area (Å²) >= 11 is 0. The van der Waals surface area contributed by atoms with E-state index in [0.29, 0.717) is 12.7 Å². The van der Waals surface area contributed by atoms with Gasteiger partial charge in [-0.2, -0.15) is 0 Å². The Morgan fingerprint density at radius 2 is 2.29 bits per heavy atom. The Morgan fingerprint density at radius 1 is 1.64 bits per heavy atom. The summed E-state index contributed by atoms with van der Waals surface area (Å²) in [5.41, 5.74) is 0. The van der Waals surface area contributed by atoms with Crippen molar-refractivity contribution in [3.05, 3.63) is 25.3 Å². The Morgan fingerprint density at radius 3 is 2.57 bits per heavy atom. The van der Waals surface area contributed by atoms with E-state index in [0.717, 1.165) is 19.3 Å². The van der Waals surface area contributed by atoms with Gasteiger partial charge in [-0.3, -0.25) is 0 Å². The zero-order valence-electron chi connectivity index (χ0n) is 8.40. The summed E-state index contributed by atoms with van der Waals surface area (Å²) in [5, 5.41) is 0. The molecule has 1 unspecified atom stereocenters. The third kappa shape index (κ3) is 8.96. The van der Waals surface area contributed by atoms with Crippen LogP contribution < -0.4 is 0 Å². The second-order valence-corrected chi connectivity index (χ2v) is 2.51. The highest BCUT2D eigenvalue weighted by atomic mass is 16.6. The number of carbonyl (C=O) groups is 1. The van der Waals surface area contributed by atoms with Crippen molar-refractivity contribution in [2.45, 2.75) is 6.10 Å². The van der Waals surface area contributed by atoms with E-state index in [9.17, 15) is 4.79 Å². The zero-order chi connectivity index (χ0) is 10.8. The summed E-state index contributed by atoms with van der Waals surface area (Å²) in [5.74, 6) is -0.394. The number of epoxide rings is 1. The van der Waals surface area contributed by atoms with Gasteiger partial charge in [-0.15, -0.1) is 6.58 Å². The fraction of sp³-hybridized carbons (Fsp3) is 0.500. The van der Waals surface area contributed by atoms with E-state index < -0.39 is 5.97 Å². The van der Waals surface area contributed by atoms with Crippen molar-refractivity contribution in [2.24, 2.45) is 0 Å². The third-order valence-electron chi connectivity index (χ3n) is 1.31. The van der Waals surface area contributed by atoms with E-state index >= 15 is 0 Å². The number of carbonyl (C=O) groups excluding carboxylic acids is 1. The summed E-state index contributed by atoms with van der Waals surface area (Å²) in [6, 6.07) is 0. The van der Waals surface area contributed by atoms with Crippen LogP contribution in [0.15, 0.2) is 25.3 Å². The molecule has 80 valence electrons. The number of ether oxygens (including phenoxy) is 3. The molecule has 1 saturated heterocycles. The fourth-order valence-corrected chi connectivity index (χ4v) is 0.530. The largest absolute Gasteiger partial charge is 0.466 e. The highest BCUT2D eigenvalue weighted by Gasteiger charge is 2.21. The van der Waals surface area contributed by atoms with Gasteiger partial charge in [0.1, 0.15) is 6.10 Å². The van der Waals surface area contributed by atoms with Crippen LogP contribution in [0.3, 0.4) is 0 Å². The maximum absolute atomic E-state index is 9.84. The van der Waals surface area contributed by atoms with Gasteiger partial charge < -0.3 is 14.2 Å². The molecule has 1 aliphatic rings. The summed E-state index contributed by atoms with van der Waals surface area (Å²) in [6.45, 7) is 8.91. The molecule has 0 aliphatic carbocycles. The van der Waals surface area contributed by atoms with Gasteiger partial charge in [-0.1, -0.05) is 12.7 Å². The van der Waals surface area contributed by atoms with Crippen molar-refractivity contribution in [2.75, 3.05) is 26.9 Å². The normalized spacial score (nSPS) is 17.4. The first-order chi connectivity index (χ1) is 6.74. The minimum atomic E-state index is -0.394. The molecule has 0 aromatic heterocycles. The molecule has 0 radical (unpaired) electrons. The zero-order valence-corrected chi connectivity index (χ0v) is 8.40. The number of hydrogen-bond acceptors (Lipinski definition) is 4. The second kappa shape index (κ2) is 8.47. The predicted molar refractivity (Wildman–Crippen MR) is 53.0 cm³/mol. The first-order valence-electron chi connectivity index (χ1n) is 4.25. The quantitative estimate of drug-likeness (QED) is 0.218. The molecule has 1 aliphatic heterocycles. The monoisotopic (exact) mass is 200 g/mol. The SMILES string of the molecule is C=CC(=O)OC.C=CCOCC1CO1. The van der Waals surface area contributed by atoms with Gasteiger partial charge in [0.2, 0.25) is 0 Å². The molecule has 1 rings (SSSR count). The van der Waals surface area contributed by atoms with Crippen molar-refractivity contribution in [3.8, 4) is 0 Å². The van der Waals surface area contributed by atoms with Crippen LogP contribution in [0.1, 0.15) is 0 Å². The Bertz CT molecular complexity index is 185. The summed E-state index contributed by atoms with van der Waals surface area (Å²) in [7, 11) is 1.31. The highest BCUT2D eigenvalue weighted by Crippen LogP contribution is 2.07. The number of hydrogen-bond donors (Lipinski definition) is 0. The highest BCUT2D eigenvalue weighted by molar-refractivity contribution is 5.80. The van der Waals surface area contributed by atoms with Crippen LogP contribution in [0.2, 0.25) is 0 Å². The van der Waals surface area contributed by atoms with Crippen LogP contribution in [-0.2, 0) is 19.0 Å². The maximum Gasteiger partial charge on any atom is 0.329 e. The third-order valence-corrected chi connectivity index (χ3v) is 1.31. The standard InChI is InChI=1S/C6H10O2.C4H6O2/c1-2-3-7-4-6-5-8-6;1-3-4(5)6-2/h2,6H,1,3-5H2;3H,1H2,2H3. The van der Waals surface area contributed by atoms with Gasteiger partial charge in [0.05, 0.1) is 26.9 Å². The van der Waals surface area contributed by atoms with Crippen LogP contribution in [0.4, 0.5) is 0 Å². The van der Waals surface area contributed by atoms with Crippen molar-refractivity contribution in [3.63, 3.8) is 0 Å². The lowest BCUT2D eigenvalue weighted by Gasteiger charge is -1.92. The topological polar surface area (TPSA) is 48.1 Å². The van der Waals surface area contributed by atoms with E-state index in [1.165, 1.54) is 7.11 Å². The van der Waals surface area contributed by atoms with Gasteiger partial charge in [0, 0.05) is 6.08 Å². The number of rotatable bonds is 5. The van der Waals surface area contributed by atoms with Crippen LogP contribution in [0, 0.1) is 0 Å². The Kier molecular flexibility index (Phi) is 7.78. The van der Waals surface area contributed by atoms with Crippen molar-refractivity contribution >= 4 is 5.97 Å². The Labute approximate surface area is 84.1 Å². The van der Waals surface area contributed by atoms with Gasteiger partial charge in [0.25, 0.3) is 0 Å². The molecule has 4 heteroatoms. The molecule has 1 atom stereocenters. The van der Waals surface area contributed by atoms with E-state index in [2.05, 4.69) is 17.9 Å². The minimum Gasteiger partial charge on any atom is -0.466 e. The number of esters is 1. The molecular formula is C10H16O4. The molecule has 0 N–H and O–H groups in total. The summed E-state index contributed by atoms with van der Waals surface area (Å²) in [4.78, 5) is 9.84. The average molecular weight is 200 g/mol. The first-order valence-corrected chi connectivity index (χ1v) is 4.25. The molecular weight excluding hydrogens is 184 g/mol. The van der Waals surface area contributed by atoms with Crippen LogP contribution in [0.25, 0.3) is 0 Å². The lowest BCUT2D eigenvalue weighted by molar-refractivity contribution is -0.134. The fourth-order valence-electron chi connectivity index (χ4n) is 0.530. The van der Waals surface area contributed by atoms with Gasteiger partial charge in [-0.05, 0) is 0 Å². The minimum absolute atomic E-state index is 0.384. The molecule has 14 heavy (non-hydrogen) atoms. The van der Waals surface area contributed by atoms with E-state index in [4.69, 9.17) is 9.47 Å².